The van der Waals surface area contributed by atoms with Crippen molar-refractivity contribution in [1.82, 2.24) is 0 Å². The van der Waals surface area contributed by atoms with Gasteiger partial charge in [0.15, 0.2) is 5.60 Å². The Labute approximate surface area is 176 Å². The molecule has 30 heavy (non-hydrogen) atoms. The van der Waals surface area contributed by atoms with Gasteiger partial charge in [-0.15, -0.1) is 0 Å². The zero-order valence-corrected chi connectivity index (χ0v) is 16.9. The van der Waals surface area contributed by atoms with Crippen LogP contribution < -0.4 is 4.74 Å². The van der Waals surface area contributed by atoms with Crippen LogP contribution in [-0.4, -0.2) is 11.4 Å². The van der Waals surface area contributed by atoms with E-state index in [0.717, 1.165) is 22.4 Å². The monoisotopic (exact) mass is 395 g/mol. The van der Waals surface area contributed by atoms with Gasteiger partial charge in [0, 0.05) is 5.56 Å². The standard InChI is InChI=1S/C26H21NO3/c1-26(2)25(28)23(24(30-26)21-10-8-18(16-27)9-11-21)20-12-14-22(15-13-20)29-17-19-6-4-3-5-7-19/h3-15H,17H2,1-2H3. The van der Waals surface area contributed by atoms with Gasteiger partial charge in [-0.3, -0.25) is 4.79 Å². The van der Waals surface area contributed by atoms with Crippen LogP contribution in [0.5, 0.6) is 5.75 Å². The van der Waals surface area contributed by atoms with E-state index in [9.17, 15) is 4.79 Å². The number of nitrogens with zero attached hydrogens (tertiary/aromatic N) is 1. The third kappa shape index (κ3) is 3.83. The number of nitriles is 1. The van der Waals surface area contributed by atoms with Gasteiger partial charge in [-0.25, -0.2) is 0 Å². The number of Topliss-reactive ketones (excluding diaryl/α,β-unsaturated/α-hetero) is 1. The molecule has 0 saturated heterocycles. The van der Waals surface area contributed by atoms with Crippen molar-refractivity contribution >= 4 is 17.1 Å². The van der Waals surface area contributed by atoms with E-state index in [1.54, 1.807) is 38.1 Å². The molecule has 3 aromatic carbocycles. The smallest absolute Gasteiger partial charge is 0.210 e. The molecule has 4 rings (SSSR count). The minimum Gasteiger partial charge on any atom is -0.489 e. The van der Waals surface area contributed by atoms with Gasteiger partial charge in [0.1, 0.15) is 18.1 Å². The third-order valence-electron chi connectivity index (χ3n) is 5.03. The second-order valence-electron chi connectivity index (χ2n) is 7.63. The molecule has 0 aliphatic carbocycles. The lowest BCUT2D eigenvalue weighted by Crippen LogP contribution is -2.29. The Balaban J connectivity index is 1.63. The molecule has 0 bridgehead atoms. The first-order valence-corrected chi connectivity index (χ1v) is 9.74. The SMILES string of the molecule is CC1(C)OC(c2ccc(C#N)cc2)=C(c2ccc(OCc3ccccc3)cc2)C1=O. The summed E-state index contributed by atoms with van der Waals surface area (Å²) in [4.78, 5) is 13.1. The molecule has 0 unspecified atom stereocenters. The van der Waals surface area contributed by atoms with Crippen LogP contribution in [0.1, 0.15) is 36.1 Å². The molecule has 0 amide bonds. The molecular formula is C26H21NO3. The summed E-state index contributed by atoms with van der Waals surface area (Å²) < 4.78 is 11.9. The molecule has 0 aromatic heterocycles. The van der Waals surface area contributed by atoms with Crippen molar-refractivity contribution in [3.63, 3.8) is 0 Å². The van der Waals surface area contributed by atoms with E-state index in [-0.39, 0.29) is 5.78 Å². The lowest BCUT2D eigenvalue weighted by atomic mass is 9.92. The topological polar surface area (TPSA) is 59.3 Å². The number of benzene rings is 3. The van der Waals surface area contributed by atoms with E-state index >= 15 is 0 Å². The highest BCUT2D eigenvalue weighted by Crippen LogP contribution is 2.41. The summed E-state index contributed by atoms with van der Waals surface area (Å²) in [5, 5.41) is 9.03. The van der Waals surface area contributed by atoms with E-state index < -0.39 is 5.60 Å². The fourth-order valence-corrected chi connectivity index (χ4v) is 3.38. The van der Waals surface area contributed by atoms with Crippen LogP contribution >= 0.6 is 0 Å². The van der Waals surface area contributed by atoms with Gasteiger partial charge >= 0.3 is 0 Å². The molecule has 0 fully saturated rings. The van der Waals surface area contributed by atoms with Gasteiger partial charge in [0.25, 0.3) is 0 Å². The summed E-state index contributed by atoms with van der Waals surface area (Å²) in [6, 6.07) is 26.6. The highest BCUT2D eigenvalue weighted by atomic mass is 16.5. The maximum absolute atomic E-state index is 13.1. The Morgan fingerprint density at radius 3 is 2.17 bits per heavy atom. The summed E-state index contributed by atoms with van der Waals surface area (Å²) in [5.41, 5.74) is 2.79. The molecule has 0 radical (unpaired) electrons. The maximum Gasteiger partial charge on any atom is 0.210 e. The Morgan fingerprint density at radius 1 is 0.900 bits per heavy atom. The second kappa shape index (κ2) is 7.88. The van der Waals surface area contributed by atoms with Crippen LogP contribution in [0, 0.1) is 11.3 Å². The average Bonchev–Trinajstić information content (AvgIpc) is 3.02. The number of ether oxygens (including phenoxy) is 2. The Hall–Kier alpha value is -3.84. The normalized spacial score (nSPS) is 14.9. The van der Waals surface area contributed by atoms with Gasteiger partial charge in [0.05, 0.1) is 17.2 Å². The minimum absolute atomic E-state index is 0.0696. The van der Waals surface area contributed by atoms with Gasteiger partial charge in [0.2, 0.25) is 5.78 Å². The lowest BCUT2D eigenvalue weighted by molar-refractivity contribution is -0.125. The number of hydrogen-bond donors (Lipinski definition) is 0. The summed E-state index contributed by atoms with van der Waals surface area (Å²) in [6.45, 7) is 4.01. The quantitative estimate of drug-likeness (QED) is 0.582. The summed E-state index contributed by atoms with van der Waals surface area (Å²) in [7, 11) is 0. The van der Waals surface area contributed by atoms with Crippen LogP contribution in [0.25, 0.3) is 11.3 Å². The second-order valence-corrected chi connectivity index (χ2v) is 7.63. The van der Waals surface area contributed by atoms with E-state index in [2.05, 4.69) is 6.07 Å². The molecule has 0 atom stereocenters. The molecule has 0 spiro atoms. The minimum atomic E-state index is -0.943. The zero-order chi connectivity index (χ0) is 21.1. The highest BCUT2D eigenvalue weighted by Gasteiger charge is 2.42. The first-order valence-electron chi connectivity index (χ1n) is 9.74. The van der Waals surface area contributed by atoms with Gasteiger partial charge in [-0.05, 0) is 61.4 Å². The first kappa shape index (κ1) is 19.5. The summed E-state index contributed by atoms with van der Waals surface area (Å²) in [6.07, 6.45) is 0. The van der Waals surface area contributed by atoms with Crippen molar-refractivity contribution in [2.24, 2.45) is 0 Å². The molecule has 3 aromatic rings. The van der Waals surface area contributed by atoms with Crippen molar-refractivity contribution in [2.75, 3.05) is 0 Å². The average molecular weight is 395 g/mol. The largest absolute Gasteiger partial charge is 0.489 e. The molecule has 4 nitrogen and oxygen atoms in total. The molecule has 1 heterocycles. The van der Waals surface area contributed by atoms with E-state index in [1.807, 2.05) is 54.6 Å². The fourth-order valence-electron chi connectivity index (χ4n) is 3.38. The summed E-state index contributed by atoms with van der Waals surface area (Å²) >= 11 is 0. The zero-order valence-electron chi connectivity index (χ0n) is 16.9. The number of carbonyl (C=O) groups excluding carboxylic acids is 1. The van der Waals surface area contributed by atoms with Crippen molar-refractivity contribution < 1.29 is 14.3 Å². The van der Waals surface area contributed by atoms with E-state index in [0.29, 0.717) is 23.5 Å². The van der Waals surface area contributed by atoms with Gasteiger partial charge in [-0.2, -0.15) is 5.26 Å². The molecule has 0 N–H and O–H groups in total. The third-order valence-corrected chi connectivity index (χ3v) is 5.03. The first-order chi connectivity index (χ1) is 14.5. The number of rotatable bonds is 5. The van der Waals surface area contributed by atoms with Crippen molar-refractivity contribution in [1.29, 1.82) is 5.26 Å². The van der Waals surface area contributed by atoms with Crippen LogP contribution in [0.15, 0.2) is 78.9 Å². The Bertz CT molecular complexity index is 1140. The van der Waals surface area contributed by atoms with Crippen LogP contribution in [0.3, 0.4) is 0 Å². The molecular weight excluding hydrogens is 374 g/mol. The molecule has 148 valence electrons. The van der Waals surface area contributed by atoms with Crippen molar-refractivity contribution in [3.05, 3.63) is 101 Å². The Morgan fingerprint density at radius 2 is 1.53 bits per heavy atom. The molecule has 4 heteroatoms. The van der Waals surface area contributed by atoms with Crippen LogP contribution in [0.4, 0.5) is 0 Å². The predicted molar refractivity (Wildman–Crippen MR) is 115 cm³/mol. The van der Waals surface area contributed by atoms with Crippen molar-refractivity contribution in [3.8, 4) is 11.8 Å². The van der Waals surface area contributed by atoms with Crippen LogP contribution in [-0.2, 0) is 16.1 Å². The van der Waals surface area contributed by atoms with Gasteiger partial charge < -0.3 is 9.47 Å². The highest BCUT2D eigenvalue weighted by molar-refractivity contribution is 6.32. The van der Waals surface area contributed by atoms with Crippen LogP contribution in [0.2, 0.25) is 0 Å². The fraction of sp³-hybridized carbons (Fsp3) is 0.154. The number of ketones is 1. The summed E-state index contributed by atoms with van der Waals surface area (Å²) in [5.74, 6) is 1.20. The van der Waals surface area contributed by atoms with E-state index in [4.69, 9.17) is 14.7 Å². The number of carbonyl (C=O) groups is 1. The van der Waals surface area contributed by atoms with Crippen molar-refractivity contribution in [2.45, 2.75) is 26.1 Å². The van der Waals surface area contributed by atoms with E-state index in [1.165, 1.54) is 0 Å². The molecule has 1 aliphatic rings. The maximum atomic E-state index is 13.1. The van der Waals surface area contributed by atoms with Gasteiger partial charge in [-0.1, -0.05) is 42.5 Å². The Kier molecular flexibility index (Phi) is 5.12. The molecule has 1 aliphatic heterocycles. The number of hydrogen-bond acceptors (Lipinski definition) is 4. The molecule has 0 saturated carbocycles. The lowest BCUT2D eigenvalue weighted by Gasteiger charge is -2.17. The predicted octanol–water partition coefficient (Wildman–Crippen LogP) is 5.38.